The highest BCUT2D eigenvalue weighted by molar-refractivity contribution is 5.80. The van der Waals surface area contributed by atoms with Crippen LogP contribution < -0.4 is 5.32 Å². The number of carbonyl (C=O) groups is 2. The standard InChI is InChI=1S/C13H17FN2O3/c1-8-4-5-10(6-11(8)14)9(2)15-13(19)16(3)7-12(17)18/h4-6,9H,7H2,1-3H3,(H,15,19)(H,17,18). The number of carboxylic acids is 1. The first-order chi connectivity index (χ1) is 8.81. The van der Waals surface area contributed by atoms with Crippen LogP contribution in [-0.4, -0.2) is 35.6 Å². The van der Waals surface area contributed by atoms with Crippen molar-refractivity contribution >= 4 is 12.0 Å². The lowest BCUT2D eigenvalue weighted by atomic mass is 10.1. The highest BCUT2D eigenvalue weighted by Crippen LogP contribution is 2.16. The van der Waals surface area contributed by atoms with Gasteiger partial charge in [-0.1, -0.05) is 12.1 Å². The average molecular weight is 268 g/mol. The summed E-state index contributed by atoms with van der Waals surface area (Å²) in [5, 5.41) is 11.2. The molecule has 0 heterocycles. The highest BCUT2D eigenvalue weighted by atomic mass is 19.1. The zero-order valence-corrected chi connectivity index (χ0v) is 11.1. The molecule has 1 aromatic carbocycles. The summed E-state index contributed by atoms with van der Waals surface area (Å²) in [6, 6.07) is 3.79. The van der Waals surface area contributed by atoms with Crippen LogP contribution in [0, 0.1) is 12.7 Å². The lowest BCUT2D eigenvalue weighted by molar-refractivity contribution is -0.137. The van der Waals surface area contributed by atoms with Crippen molar-refractivity contribution in [2.24, 2.45) is 0 Å². The van der Waals surface area contributed by atoms with E-state index in [0.717, 1.165) is 4.90 Å². The zero-order valence-electron chi connectivity index (χ0n) is 11.1. The fourth-order valence-electron chi connectivity index (χ4n) is 1.53. The molecule has 6 heteroatoms. The monoisotopic (exact) mass is 268 g/mol. The fourth-order valence-corrected chi connectivity index (χ4v) is 1.53. The van der Waals surface area contributed by atoms with Crippen molar-refractivity contribution in [2.75, 3.05) is 13.6 Å². The molecule has 0 spiro atoms. The van der Waals surface area contributed by atoms with Crippen molar-refractivity contribution in [3.05, 3.63) is 35.1 Å². The van der Waals surface area contributed by atoms with E-state index in [9.17, 15) is 14.0 Å². The number of hydrogen-bond donors (Lipinski definition) is 2. The Morgan fingerprint density at radius 2 is 2.11 bits per heavy atom. The molecular formula is C13H17FN2O3. The van der Waals surface area contributed by atoms with E-state index in [1.54, 1.807) is 26.0 Å². The molecular weight excluding hydrogens is 251 g/mol. The van der Waals surface area contributed by atoms with Crippen LogP contribution in [0.1, 0.15) is 24.1 Å². The Labute approximate surface area is 111 Å². The number of likely N-dealkylation sites (N-methyl/N-ethyl adjacent to an activating group) is 1. The van der Waals surface area contributed by atoms with Gasteiger partial charge in [0.05, 0.1) is 6.04 Å². The van der Waals surface area contributed by atoms with E-state index < -0.39 is 18.0 Å². The summed E-state index contributed by atoms with van der Waals surface area (Å²) in [6.45, 7) is 2.97. The number of carbonyl (C=O) groups excluding carboxylic acids is 1. The van der Waals surface area contributed by atoms with Gasteiger partial charge in [-0.25, -0.2) is 9.18 Å². The van der Waals surface area contributed by atoms with E-state index in [0.29, 0.717) is 11.1 Å². The van der Waals surface area contributed by atoms with Gasteiger partial charge in [0.15, 0.2) is 0 Å². The second kappa shape index (κ2) is 6.17. The third-order valence-electron chi connectivity index (χ3n) is 2.75. The van der Waals surface area contributed by atoms with E-state index >= 15 is 0 Å². The van der Waals surface area contributed by atoms with Gasteiger partial charge in [-0.3, -0.25) is 4.79 Å². The van der Waals surface area contributed by atoms with Crippen molar-refractivity contribution in [1.29, 1.82) is 0 Å². The fraction of sp³-hybridized carbons (Fsp3) is 0.385. The first-order valence-corrected chi connectivity index (χ1v) is 5.80. The molecule has 2 N–H and O–H groups in total. The van der Waals surface area contributed by atoms with Gasteiger partial charge in [0.2, 0.25) is 0 Å². The van der Waals surface area contributed by atoms with Gasteiger partial charge >= 0.3 is 12.0 Å². The van der Waals surface area contributed by atoms with E-state index in [2.05, 4.69) is 5.32 Å². The van der Waals surface area contributed by atoms with Crippen molar-refractivity contribution in [3.8, 4) is 0 Å². The minimum atomic E-state index is -1.09. The normalized spacial score (nSPS) is 11.8. The zero-order chi connectivity index (χ0) is 14.6. The van der Waals surface area contributed by atoms with Crippen LogP contribution in [0.2, 0.25) is 0 Å². The van der Waals surface area contributed by atoms with Crippen molar-refractivity contribution in [2.45, 2.75) is 19.9 Å². The summed E-state index contributed by atoms with van der Waals surface area (Å²) >= 11 is 0. The van der Waals surface area contributed by atoms with Crippen LogP contribution in [0.25, 0.3) is 0 Å². The van der Waals surface area contributed by atoms with E-state index in [4.69, 9.17) is 5.11 Å². The second-order valence-corrected chi connectivity index (χ2v) is 4.43. The topological polar surface area (TPSA) is 69.6 Å². The molecule has 0 radical (unpaired) electrons. The van der Waals surface area contributed by atoms with Crippen LogP contribution in [0.4, 0.5) is 9.18 Å². The summed E-state index contributed by atoms with van der Waals surface area (Å²) in [5.74, 6) is -1.43. The summed E-state index contributed by atoms with van der Waals surface area (Å²) < 4.78 is 13.4. The number of halogens is 1. The van der Waals surface area contributed by atoms with Crippen LogP contribution in [0.15, 0.2) is 18.2 Å². The summed E-state index contributed by atoms with van der Waals surface area (Å²) in [5.41, 5.74) is 1.16. The summed E-state index contributed by atoms with van der Waals surface area (Å²) in [7, 11) is 1.38. The molecule has 0 aliphatic heterocycles. The Balaban J connectivity index is 2.68. The summed E-state index contributed by atoms with van der Waals surface area (Å²) in [4.78, 5) is 23.2. The van der Waals surface area contributed by atoms with E-state index in [1.807, 2.05) is 0 Å². The van der Waals surface area contributed by atoms with Crippen molar-refractivity contribution in [3.63, 3.8) is 0 Å². The van der Waals surface area contributed by atoms with Gasteiger partial charge in [-0.2, -0.15) is 0 Å². The minimum Gasteiger partial charge on any atom is -0.480 e. The number of nitrogens with one attached hydrogen (secondary N) is 1. The van der Waals surface area contributed by atoms with Gasteiger partial charge in [0, 0.05) is 7.05 Å². The molecule has 5 nitrogen and oxygen atoms in total. The van der Waals surface area contributed by atoms with Gasteiger partial charge in [-0.05, 0) is 31.0 Å². The highest BCUT2D eigenvalue weighted by Gasteiger charge is 2.15. The van der Waals surface area contributed by atoms with Gasteiger partial charge < -0.3 is 15.3 Å². The van der Waals surface area contributed by atoms with Crippen LogP contribution in [-0.2, 0) is 4.79 Å². The Kier molecular flexibility index (Phi) is 4.86. The number of rotatable bonds is 4. The smallest absolute Gasteiger partial charge is 0.323 e. The maximum absolute atomic E-state index is 13.4. The molecule has 0 aromatic heterocycles. The summed E-state index contributed by atoms with van der Waals surface area (Å²) in [6.07, 6.45) is 0. The lowest BCUT2D eigenvalue weighted by Crippen LogP contribution is -2.41. The average Bonchev–Trinajstić information content (AvgIpc) is 2.31. The molecule has 0 aliphatic carbocycles. The number of nitrogens with zero attached hydrogens (tertiary/aromatic N) is 1. The molecule has 0 saturated heterocycles. The first-order valence-electron chi connectivity index (χ1n) is 5.80. The quantitative estimate of drug-likeness (QED) is 0.876. The van der Waals surface area contributed by atoms with Gasteiger partial charge in [-0.15, -0.1) is 0 Å². The second-order valence-electron chi connectivity index (χ2n) is 4.43. The van der Waals surface area contributed by atoms with E-state index in [-0.39, 0.29) is 12.4 Å². The number of carboxylic acid groups (broad SMARTS) is 1. The van der Waals surface area contributed by atoms with Gasteiger partial charge in [0.1, 0.15) is 12.4 Å². The molecule has 0 aliphatic rings. The Morgan fingerprint density at radius 1 is 1.47 bits per heavy atom. The molecule has 1 aromatic rings. The Morgan fingerprint density at radius 3 is 2.63 bits per heavy atom. The molecule has 0 fully saturated rings. The van der Waals surface area contributed by atoms with Crippen molar-refractivity contribution < 1.29 is 19.1 Å². The predicted octanol–water partition coefficient (Wildman–Crippen LogP) is 1.92. The van der Waals surface area contributed by atoms with Crippen molar-refractivity contribution in [1.82, 2.24) is 10.2 Å². The third kappa shape index (κ3) is 4.24. The minimum absolute atomic E-state index is 0.336. The first kappa shape index (κ1) is 14.9. The molecule has 0 bridgehead atoms. The van der Waals surface area contributed by atoms with Crippen LogP contribution >= 0.6 is 0 Å². The largest absolute Gasteiger partial charge is 0.480 e. The lowest BCUT2D eigenvalue weighted by Gasteiger charge is -2.20. The SMILES string of the molecule is Cc1ccc(C(C)NC(=O)N(C)CC(=O)O)cc1F. The molecule has 1 rings (SSSR count). The third-order valence-corrected chi connectivity index (χ3v) is 2.75. The predicted molar refractivity (Wildman–Crippen MR) is 68.3 cm³/mol. The Hall–Kier alpha value is -2.11. The van der Waals surface area contributed by atoms with Gasteiger partial charge in [0.25, 0.3) is 0 Å². The number of hydrogen-bond acceptors (Lipinski definition) is 2. The molecule has 19 heavy (non-hydrogen) atoms. The molecule has 0 saturated carbocycles. The maximum atomic E-state index is 13.4. The van der Waals surface area contributed by atoms with Crippen LogP contribution in [0.5, 0.6) is 0 Å². The molecule has 1 atom stereocenters. The molecule has 1 unspecified atom stereocenters. The van der Waals surface area contributed by atoms with Crippen LogP contribution in [0.3, 0.4) is 0 Å². The molecule has 2 amide bonds. The number of benzene rings is 1. The van der Waals surface area contributed by atoms with E-state index in [1.165, 1.54) is 13.1 Å². The number of urea groups is 1. The number of amides is 2. The Bertz CT molecular complexity index is 491. The molecule has 104 valence electrons. The number of aliphatic carboxylic acids is 1. The number of aryl methyl sites for hydroxylation is 1. The maximum Gasteiger partial charge on any atom is 0.323 e.